The summed E-state index contributed by atoms with van der Waals surface area (Å²) in [7, 11) is 3.15. The fourth-order valence-electron chi connectivity index (χ4n) is 1.66. The van der Waals surface area contributed by atoms with Gasteiger partial charge in [0.1, 0.15) is 0 Å². The number of amides is 1. The Hall–Kier alpha value is -1.27. The molecule has 20 heavy (non-hydrogen) atoms. The number of nitrogens with one attached hydrogen (secondary N) is 1. The minimum Gasteiger partial charge on any atom is -0.493 e. The lowest BCUT2D eigenvalue weighted by atomic mass is 10.0. The van der Waals surface area contributed by atoms with Gasteiger partial charge in [-0.3, -0.25) is 4.79 Å². The summed E-state index contributed by atoms with van der Waals surface area (Å²) in [5.74, 6) is 0.961. The van der Waals surface area contributed by atoms with Crippen molar-refractivity contribution in [1.82, 2.24) is 5.32 Å². The number of ether oxygens (including phenoxy) is 2. The quantitative estimate of drug-likeness (QED) is 0.828. The number of halogens is 1. The molecule has 1 amide bonds. The second kappa shape index (κ2) is 7.50. The van der Waals surface area contributed by atoms with Gasteiger partial charge in [-0.25, -0.2) is 0 Å². The number of carbonyl (C=O) groups is 1. The second-order valence-corrected chi connectivity index (χ2v) is 5.53. The SMILES string of the molecule is COc1cc(CNC(=O)C(C)C(C)N)cc(Br)c1OC. The third-order valence-electron chi connectivity index (χ3n) is 3.16. The lowest BCUT2D eigenvalue weighted by molar-refractivity contribution is -0.125. The van der Waals surface area contributed by atoms with E-state index < -0.39 is 0 Å². The van der Waals surface area contributed by atoms with Crippen molar-refractivity contribution >= 4 is 21.8 Å². The minimum atomic E-state index is -0.224. The van der Waals surface area contributed by atoms with Crippen molar-refractivity contribution in [2.45, 2.75) is 26.4 Å². The molecule has 5 nitrogen and oxygen atoms in total. The van der Waals surface area contributed by atoms with E-state index in [4.69, 9.17) is 15.2 Å². The topological polar surface area (TPSA) is 73.6 Å². The van der Waals surface area contributed by atoms with Crippen LogP contribution in [-0.4, -0.2) is 26.2 Å². The molecular formula is C14H21BrN2O3. The van der Waals surface area contributed by atoms with Gasteiger partial charge in [-0.1, -0.05) is 6.92 Å². The molecular weight excluding hydrogens is 324 g/mol. The summed E-state index contributed by atoms with van der Waals surface area (Å²) >= 11 is 3.42. The molecule has 0 aliphatic carbocycles. The molecule has 2 unspecified atom stereocenters. The number of nitrogens with two attached hydrogens (primary N) is 1. The summed E-state index contributed by atoms with van der Waals surface area (Å²) in [6, 6.07) is 3.55. The summed E-state index contributed by atoms with van der Waals surface area (Å²) in [5, 5.41) is 2.86. The Kier molecular flexibility index (Phi) is 6.29. The zero-order valence-electron chi connectivity index (χ0n) is 12.2. The van der Waals surface area contributed by atoms with Crippen molar-refractivity contribution in [1.29, 1.82) is 0 Å². The van der Waals surface area contributed by atoms with Crippen LogP contribution >= 0.6 is 15.9 Å². The van der Waals surface area contributed by atoms with Crippen LogP contribution in [0, 0.1) is 5.92 Å². The maximum Gasteiger partial charge on any atom is 0.224 e. The molecule has 0 radical (unpaired) electrons. The number of methoxy groups -OCH3 is 2. The van der Waals surface area contributed by atoms with Crippen LogP contribution in [0.25, 0.3) is 0 Å². The van der Waals surface area contributed by atoms with E-state index in [-0.39, 0.29) is 17.9 Å². The summed E-state index contributed by atoms with van der Waals surface area (Å²) in [5.41, 5.74) is 6.63. The Balaban J connectivity index is 2.79. The first-order valence-electron chi connectivity index (χ1n) is 6.34. The lowest BCUT2D eigenvalue weighted by Gasteiger charge is -2.16. The lowest BCUT2D eigenvalue weighted by Crippen LogP contribution is -2.38. The number of benzene rings is 1. The van der Waals surface area contributed by atoms with Crippen molar-refractivity contribution in [2.24, 2.45) is 11.7 Å². The molecule has 112 valence electrons. The van der Waals surface area contributed by atoms with E-state index in [1.807, 2.05) is 26.0 Å². The molecule has 3 N–H and O–H groups in total. The molecule has 0 saturated carbocycles. The van der Waals surface area contributed by atoms with Gasteiger partial charge in [-0.15, -0.1) is 0 Å². The molecule has 0 saturated heterocycles. The first-order chi connectivity index (χ1) is 9.40. The fraction of sp³-hybridized carbons (Fsp3) is 0.500. The van der Waals surface area contributed by atoms with Crippen molar-refractivity contribution in [3.8, 4) is 11.5 Å². The van der Waals surface area contributed by atoms with E-state index in [0.29, 0.717) is 18.0 Å². The first-order valence-corrected chi connectivity index (χ1v) is 7.13. The molecule has 0 fully saturated rings. The van der Waals surface area contributed by atoms with E-state index in [9.17, 15) is 4.79 Å². The van der Waals surface area contributed by atoms with E-state index in [1.165, 1.54) is 0 Å². The molecule has 0 aromatic heterocycles. The second-order valence-electron chi connectivity index (χ2n) is 4.68. The Morgan fingerprint density at radius 1 is 1.35 bits per heavy atom. The maximum atomic E-state index is 11.9. The van der Waals surface area contributed by atoms with Gasteiger partial charge in [0.05, 0.1) is 18.7 Å². The van der Waals surface area contributed by atoms with Crippen LogP contribution in [0.3, 0.4) is 0 Å². The molecule has 0 aliphatic rings. The fourth-order valence-corrected chi connectivity index (χ4v) is 2.31. The third kappa shape index (κ3) is 4.11. The minimum absolute atomic E-state index is 0.0640. The molecule has 1 aromatic rings. The van der Waals surface area contributed by atoms with Crippen LogP contribution < -0.4 is 20.5 Å². The van der Waals surface area contributed by atoms with Crippen LogP contribution in [0.4, 0.5) is 0 Å². The highest BCUT2D eigenvalue weighted by atomic mass is 79.9. The van der Waals surface area contributed by atoms with Gasteiger partial charge in [0.15, 0.2) is 11.5 Å². The van der Waals surface area contributed by atoms with Gasteiger partial charge in [-0.05, 0) is 40.5 Å². The van der Waals surface area contributed by atoms with Crippen LogP contribution in [0.2, 0.25) is 0 Å². The summed E-state index contributed by atoms with van der Waals surface area (Å²) in [6.07, 6.45) is 0. The zero-order valence-corrected chi connectivity index (χ0v) is 13.8. The Bertz CT molecular complexity index is 478. The predicted octanol–water partition coefficient (Wildman–Crippen LogP) is 2.07. The van der Waals surface area contributed by atoms with Crippen molar-refractivity contribution in [3.63, 3.8) is 0 Å². The average Bonchev–Trinajstić information content (AvgIpc) is 2.42. The highest BCUT2D eigenvalue weighted by molar-refractivity contribution is 9.10. The highest BCUT2D eigenvalue weighted by Gasteiger charge is 2.17. The van der Waals surface area contributed by atoms with Crippen molar-refractivity contribution in [2.75, 3.05) is 14.2 Å². The van der Waals surface area contributed by atoms with E-state index in [0.717, 1.165) is 10.0 Å². The predicted molar refractivity (Wildman–Crippen MR) is 81.9 cm³/mol. The van der Waals surface area contributed by atoms with Gasteiger partial charge < -0.3 is 20.5 Å². The Morgan fingerprint density at radius 3 is 2.50 bits per heavy atom. The number of rotatable bonds is 6. The molecule has 2 atom stereocenters. The molecule has 0 heterocycles. The summed E-state index contributed by atoms with van der Waals surface area (Å²) < 4.78 is 11.3. The normalized spacial score (nSPS) is 13.5. The van der Waals surface area contributed by atoms with Gasteiger partial charge in [0, 0.05) is 18.5 Å². The highest BCUT2D eigenvalue weighted by Crippen LogP contribution is 2.36. The van der Waals surface area contributed by atoms with E-state index >= 15 is 0 Å². The van der Waals surface area contributed by atoms with Gasteiger partial charge in [0.25, 0.3) is 0 Å². The van der Waals surface area contributed by atoms with E-state index in [1.54, 1.807) is 14.2 Å². The first kappa shape index (κ1) is 16.8. The molecule has 1 rings (SSSR count). The molecule has 1 aromatic carbocycles. The molecule has 0 spiro atoms. The zero-order chi connectivity index (χ0) is 15.3. The van der Waals surface area contributed by atoms with Crippen LogP contribution in [-0.2, 0) is 11.3 Å². The standard InChI is InChI=1S/C14H21BrN2O3/c1-8(9(2)16)14(18)17-7-10-5-11(15)13(20-4)12(6-10)19-3/h5-6,8-9H,7,16H2,1-4H3,(H,17,18). The Labute approximate surface area is 127 Å². The van der Waals surface area contributed by atoms with Gasteiger partial charge in [-0.2, -0.15) is 0 Å². The van der Waals surface area contributed by atoms with Gasteiger partial charge in [0.2, 0.25) is 5.91 Å². The molecule has 0 bridgehead atoms. The third-order valence-corrected chi connectivity index (χ3v) is 3.75. The van der Waals surface area contributed by atoms with Crippen LogP contribution in [0.5, 0.6) is 11.5 Å². The van der Waals surface area contributed by atoms with Crippen LogP contribution in [0.15, 0.2) is 16.6 Å². The molecule has 6 heteroatoms. The average molecular weight is 345 g/mol. The number of hydrogen-bond donors (Lipinski definition) is 2. The van der Waals surface area contributed by atoms with Gasteiger partial charge >= 0.3 is 0 Å². The molecule has 0 aliphatic heterocycles. The smallest absolute Gasteiger partial charge is 0.224 e. The Morgan fingerprint density at radius 2 is 2.00 bits per heavy atom. The largest absolute Gasteiger partial charge is 0.493 e. The summed E-state index contributed by atoms with van der Waals surface area (Å²) in [4.78, 5) is 11.9. The summed E-state index contributed by atoms with van der Waals surface area (Å²) in [6.45, 7) is 4.04. The monoisotopic (exact) mass is 344 g/mol. The van der Waals surface area contributed by atoms with E-state index in [2.05, 4.69) is 21.2 Å². The van der Waals surface area contributed by atoms with Crippen LogP contribution in [0.1, 0.15) is 19.4 Å². The van der Waals surface area contributed by atoms with Crippen molar-refractivity contribution in [3.05, 3.63) is 22.2 Å². The maximum absolute atomic E-state index is 11.9. The number of carbonyl (C=O) groups excluding carboxylic acids is 1. The van der Waals surface area contributed by atoms with Crippen molar-refractivity contribution < 1.29 is 14.3 Å². The number of hydrogen-bond acceptors (Lipinski definition) is 4.